The summed E-state index contributed by atoms with van der Waals surface area (Å²) < 4.78 is 25.7. The van der Waals surface area contributed by atoms with Crippen LogP contribution in [0.1, 0.15) is 38.8 Å². The molecule has 9 heteroatoms. The lowest BCUT2D eigenvalue weighted by molar-refractivity contribution is -0.143. The van der Waals surface area contributed by atoms with E-state index in [-0.39, 0.29) is 17.8 Å². The molecule has 0 radical (unpaired) electrons. The van der Waals surface area contributed by atoms with Gasteiger partial charge in [0.25, 0.3) is 5.91 Å². The molecule has 2 amide bonds. The third kappa shape index (κ3) is 5.27. The average Bonchev–Trinajstić information content (AvgIpc) is 3.52. The lowest BCUT2D eigenvalue weighted by atomic mass is 10.2. The summed E-state index contributed by atoms with van der Waals surface area (Å²) in [4.78, 5) is 25.9. The molecule has 1 fully saturated rings. The molecule has 2 aromatic rings. The van der Waals surface area contributed by atoms with Gasteiger partial charge < -0.3 is 19.7 Å². The lowest BCUT2D eigenvalue weighted by Gasteiger charge is -2.25. The summed E-state index contributed by atoms with van der Waals surface area (Å²) in [7, 11) is 1.31. The van der Waals surface area contributed by atoms with Crippen LogP contribution in [-0.4, -0.2) is 59.1 Å². The molecule has 0 bridgehead atoms. The summed E-state index contributed by atoms with van der Waals surface area (Å²) in [5, 5.41) is 8.12. The molecule has 164 valence electrons. The van der Waals surface area contributed by atoms with Crippen LogP contribution in [0.2, 0.25) is 0 Å². The molecule has 3 rings (SSSR count). The molecular weight excluding hydrogens is 391 g/mol. The smallest absolute Gasteiger partial charge is 0.406 e. The molecule has 0 aliphatic heterocycles. The molecule has 1 atom stereocenters. The molecule has 0 saturated heterocycles. The summed E-state index contributed by atoms with van der Waals surface area (Å²) in [5.41, 5.74) is 1.40. The summed E-state index contributed by atoms with van der Waals surface area (Å²) >= 11 is 0. The van der Waals surface area contributed by atoms with Crippen molar-refractivity contribution in [1.82, 2.24) is 20.0 Å². The van der Waals surface area contributed by atoms with Gasteiger partial charge in [-0.2, -0.15) is 5.10 Å². The zero-order chi connectivity index (χ0) is 21.7. The van der Waals surface area contributed by atoms with Gasteiger partial charge >= 0.3 is 6.09 Å². The predicted octanol–water partition coefficient (Wildman–Crippen LogP) is 2.84. The van der Waals surface area contributed by atoms with Crippen molar-refractivity contribution in [3.63, 3.8) is 0 Å². The minimum absolute atomic E-state index is 0.0496. The van der Waals surface area contributed by atoms with Crippen LogP contribution in [0.5, 0.6) is 0 Å². The monoisotopic (exact) mass is 420 g/mol. The summed E-state index contributed by atoms with van der Waals surface area (Å²) in [5.74, 6) is -0.394. The van der Waals surface area contributed by atoms with Crippen LogP contribution in [0.3, 0.4) is 0 Å². The second-order valence-corrected chi connectivity index (χ2v) is 7.40. The van der Waals surface area contributed by atoms with E-state index in [0.717, 1.165) is 23.9 Å². The Hall–Kier alpha value is -2.68. The van der Waals surface area contributed by atoms with Crippen LogP contribution in [0.25, 0.3) is 10.9 Å². The lowest BCUT2D eigenvalue weighted by Crippen LogP contribution is -2.40. The number of rotatable bonds is 10. The number of nitrogens with zero attached hydrogens (tertiary/aromatic N) is 3. The highest BCUT2D eigenvalue weighted by atomic mass is 19.1. The fourth-order valence-corrected chi connectivity index (χ4v) is 3.48. The Bertz CT molecular complexity index is 897. The van der Waals surface area contributed by atoms with E-state index in [1.807, 2.05) is 11.8 Å². The van der Waals surface area contributed by atoms with Crippen molar-refractivity contribution in [3.05, 3.63) is 29.7 Å². The molecule has 1 saturated carbocycles. The zero-order valence-corrected chi connectivity index (χ0v) is 17.7. The van der Waals surface area contributed by atoms with Crippen LogP contribution in [0.4, 0.5) is 9.18 Å². The van der Waals surface area contributed by atoms with Gasteiger partial charge in [-0.05, 0) is 51.3 Å². The highest BCUT2D eigenvalue weighted by Gasteiger charge is 2.35. The van der Waals surface area contributed by atoms with Crippen molar-refractivity contribution in [2.75, 3.05) is 20.3 Å². The van der Waals surface area contributed by atoms with Gasteiger partial charge in [-0.3, -0.25) is 9.48 Å². The Morgan fingerprint density at radius 3 is 2.83 bits per heavy atom. The number of hydrogen-bond donors (Lipinski definition) is 1. The topological polar surface area (TPSA) is 85.7 Å². The van der Waals surface area contributed by atoms with Gasteiger partial charge in [0.1, 0.15) is 11.9 Å². The number of nitrogens with one attached hydrogen (secondary N) is 1. The Labute approximate surface area is 175 Å². The largest absolute Gasteiger partial charge is 0.453 e. The Kier molecular flexibility index (Phi) is 7.25. The van der Waals surface area contributed by atoms with Crippen molar-refractivity contribution >= 4 is 22.9 Å². The number of aryl methyl sites for hydroxylation is 1. The fraction of sp³-hybridized carbons (Fsp3) is 0.571. The van der Waals surface area contributed by atoms with Gasteiger partial charge in [0.05, 0.1) is 24.9 Å². The Morgan fingerprint density at radius 2 is 2.17 bits per heavy atom. The number of aromatic nitrogens is 2. The quantitative estimate of drug-likeness (QED) is 0.598. The third-order valence-electron chi connectivity index (χ3n) is 5.15. The second-order valence-electron chi connectivity index (χ2n) is 7.40. The van der Waals surface area contributed by atoms with Gasteiger partial charge in [-0.15, -0.1) is 0 Å². The predicted molar refractivity (Wildman–Crippen MR) is 109 cm³/mol. The van der Waals surface area contributed by atoms with Gasteiger partial charge in [0, 0.05) is 31.1 Å². The van der Waals surface area contributed by atoms with Crippen LogP contribution < -0.4 is 5.32 Å². The van der Waals surface area contributed by atoms with E-state index in [4.69, 9.17) is 4.74 Å². The molecule has 0 unspecified atom stereocenters. The molecule has 0 spiro atoms. The molecule has 1 aromatic carbocycles. The van der Waals surface area contributed by atoms with E-state index in [1.165, 1.54) is 19.2 Å². The Morgan fingerprint density at radius 1 is 1.40 bits per heavy atom. The minimum atomic E-state index is -0.509. The van der Waals surface area contributed by atoms with Crippen LogP contribution in [0, 0.1) is 5.82 Å². The number of benzene rings is 1. The van der Waals surface area contributed by atoms with Crippen LogP contribution in [0.15, 0.2) is 18.2 Å². The van der Waals surface area contributed by atoms with Crippen molar-refractivity contribution in [1.29, 1.82) is 0 Å². The highest BCUT2D eigenvalue weighted by Crippen LogP contribution is 2.31. The zero-order valence-electron chi connectivity index (χ0n) is 17.7. The third-order valence-corrected chi connectivity index (χ3v) is 5.15. The Balaban J connectivity index is 1.79. The molecule has 1 N–H and O–H groups in total. The van der Waals surface area contributed by atoms with E-state index >= 15 is 0 Å². The van der Waals surface area contributed by atoms with Gasteiger partial charge in [0.2, 0.25) is 0 Å². The summed E-state index contributed by atoms with van der Waals surface area (Å²) in [6.07, 6.45) is 1.54. The number of alkyl carbamates (subject to hydrolysis) is 1. The number of carbonyl (C=O) groups is 2. The van der Waals surface area contributed by atoms with Crippen molar-refractivity contribution in [3.8, 4) is 0 Å². The number of hydrogen-bond acceptors (Lipinski definition) is 5. The average molecular weight is 420 g/mol. The second kappa shape index (κ2) is 9.88. The molecule has 1 aromatic heterocycles. The van der Waals surface area contributed by atoms with Crippen molar-refractivity contribution < 1.29 is 23.5 Å². The van der Waals surface area contributed by atoms with E-state index in [9.17, 15) is 14.0 Å². The minimum Gasteiger partial charge on any atom is -0.453 e. The van der Waals surface area contributed by atoms with E-state index in [2.05, 4.69) is 15.2 Å². The van der Waals surface area contributed by atoms with E-state index in [1.54, 1.807) is 17.7 Å². The maximum absolute atomic E-state index is 13.9. The van der Waals surface area contributed by atoms with Gasteiger partial charge in [-0.1, -0.05) is 0 Å². The van der Waals surface area contributed by atoms with Crippen LogP contribution >= 0.6 is 0 Å². The normalized spacial score (nSPS) is 14.5. The van der Waals surface area contributed by atoms with Crippen LogP contribution in [-0.2, 0) is 27.4 Å². The maximum Gasteiger partial charge on any atom is 0.406 e. The molecule has 8 nitrogen and oxygen atoms in total. The first-order valence-electron chi connectivity index (χ1n) is 10.3. The summed E-state index contributed by atoms with van der Waals surface area (Å²) in [6.45, 7) is 5.37. The number of carbonyl (C=O) groups excluding carboxylic acids is 2. The van der Waals surface area contributed by atoms with E-state index in [0.29, 0.717) is 38.2 Å². The molecule has 1 heterocycles. The number of methoxy groups -OCH3 is 1. The highest BCUT2D eigenvalue weighted by molar-refractivity contribution is 5.84. The number of amides is 2. The molecular formula is C21H29FN4O4. The van der Waals surface area contributed by atoms with Gasteiger partial charge in [0.15, 0.2) is 0 Å². The number of halogens is 1. The summed E-state index contributed by atoms with van der Waals surface area (Å²) in [6, 6.07) is 4.76. The first-order valence-corrected chi connectivity index (χ1v) is 10.3. The van der Waals surface area contributed by atoms with E-state index < -0.39 is 12.2 Å². The number of fused-ring (bicyclic) bond motifs is 1. The fourth-order valence-electron chi connectivity index (χ4n) is 3.48. The molecule has 1 aliphatic rings. The molecule has 30 heavy (non-hydrogen) atoms. The SMILES string of the molecule is CCO[C@H](C)C(=O)N(Cc1nn(CCCNC(=O)OC)c2cc(F)ccc12)C1CC1. The molecule has 1 aliphatic carbocycles. The first-order chi connectivity index (χ1) is 14.4. The first kappa shape index (κ1) is 22.0. The number of ether oxygens (including phenoxy) is 2. The van der Waals surface area contributed by atoms with Crippen molar-refractivity contribution in [2.45, 2.75) is 58.3 Å². The maximum atomic E-state index is 13.9. The van der Waals surface area contributed by atoms with Gasteiger partial charge in [-0.25, -0.2) is 9.18 Å². The standard InChI is InChI=1S/C21H29FN4O4/c1-4-30-14(2)20(27)25(16-7-8-16)13-18-17-9-6-15(22)12-19(17)26(24-18)11-5-10-23-21(28)29-3/h6,9,12,14,16H,4-5,7-8,10-11,13H2,1-3H3,(H,23,28)/t14-/m1/s1. The van der Waals surface area contributed by atoms with Crippen molar-refractivity contribution in [2.24, 2.45) is 0 Å².